The van der Waals surface area contributed by atoms with Gasteiger partial charge in [-0.2, -0.15) is 5.26 Å². The number of carbonyl (C=O) groups is 1. The molecule has 4 aromatic carbocycles. The summed E-state index contributed by atoms with van der Waals surface area (Å²) < 4.78 is 12.4. The maximum Gasteiger partial charge on any atom is 0.266 e. The Morgan fingerprint density at radius 2 is 1.68 bits per heavy atom. The molecule has 1 heterocycles. The number of halogens is 1. The summed E-state index contributed by atoms with van der Waals surface area (Å²) in [6, 6.07) is 32.9. The van der Waals surface area contributed by atoms with Gasteiger partial charge in [0.05, 0.1) is 29.3 Å². The third-order valence-electron chi connectivity index (χ3n) is 6.43. The van der Waals surface area contributed by atoms with E-state index in [1.165, 1.54) is 11.8 Å². The van der Waals surface area contributed by atoms with Gasteiger partial charge in [0.25, 0.3) is 5.91 Å². The van der Waals surface area contributed by atoms with Crippen LogP contribution in [0.5, 0.6) is 11.5 Å². The minimum absolute atomic E-state index is 0.0973. The number of hydrogen-bond donors (Lipinski definition) is 0. The van der Waals surface area contributed by atoms with Crippen molar-refractivity contribution in [3.8, 4) is 17.6 Å². The van der Waals surface area contributed by atoms with Crippen LogP contribution in [0.1, 0.15) is 22.3 Å². The number of thioether (sulfide) groups is 1. The van der Waals surface area contributed by atoms with E-state index in [9.17, 15) is 10.1 Å². The van der Waals surface area contributed by atoms with E-state index in [1.54, 1.807) is 18.1 Å². The van der Waals surface area contributed by atoms with E-state index in [4.69, 9.17) is 14.5 Å². The SMILES string of the molecule is COc1cc(/C=C2/SC(=Nc3ccccc3)N(CCc3ccccc3)C2=O)c(Br)cc1OCc1ccccc1C#N. The largest absolute Gasteiger partial charge is 0.493 e. The number of carbonyl (C=O) groups excluding carboxylic acids is 1. The van der Waals surface area contributed by atoms with Crippen molar-refractivity contribution in [1.82, 2.24) is 4.90 Å². The lowest BCUT2D eigenvalue weighted by atomic mass is 10.1. The minimum Gasteiger partial charge on any atom is -0.493 e. The highest BCUT2D eigenvalue weighted by Crippen LogP contribution is 2.39. The number of amides is 1. The molecule has 204 valence electrons. The molecule has 41 heavy (non-hydrogen) atoms. The Balaban J connectivity index is 1.41. The highest BCUT2D eigenvalue weighted by molar-refractivity contribution is 9.10. The summed E-state index contributed by atoms with van der Waals surface area (Å²) >= 11 is 4.99. The van der Waals surface area contributed by atoms with Gasteiger partial charge < -0.3 is 9.47 Å². The zero-order valence-electron chi connectivity index (χ0n) is 22.3. The number of amidine groups is 1. The maximum atomic E-state index is 13.6. The Hall–Kier alpha value is -4.32. The number of nitrogens with zero attached hydrogens (tertiary/aromatic N) is 3. The zero-order chi connectivity index (χ0) is 28.6. The van der Waals surface area contributed by atoms with E-state index in [1.807, 2.05) is 84.9 Å². The molecule has 0 aromatic heterocycles. The molecule has 5 rings (SSSR count). The fraction of sp³-hybridized carbons (Fsp3) is 0.121. The third kappa shape index (κ3) is 6.88. The van der Waals surface area contributed by atoms with Crippen LogP contribution in [0.2, 0.25) is 0 Å². The summed E-state index contributed by atoms with van der Waals surface area (Å²) in [5, 5.41) is 10.0. The quantitative estimate of drug-likeness (QED) is 0.178. The normalized spacial score (nSPS) is 14.9. The fourth-order valence-electron chi connectivity index (χ4n) is 4.27. The van der Waals surface area contributed by atoms with E-state index in [2.05, 4.69) is 34.1 Å². The third-order valence-corrected chi connectivity index (χ3v) is 8.12. The summed E-state index contributed by atoms with van der Waals surface area (Å²) in [6.07, 6.45) is 2.56. The molecule has 0 bridgehead atoms. The second-order valence-electron chi connectivity index (χ2n) is 9.12. The number of para-hydroxylation sites is 1. The van der Waals surface area contributed by atoms with E-state index >= 15 is 0 Å². The smallest absolute Gasteiger partial charge is 0.266 e. The lowest BCUT2D eigenvalue weighted by Crippen LogP contribution is -2.31. The molecule has 6 nitrogen and oxygen atoms in total. The van der Waals surface area contributed by atoms with Gasteiger partial charge in [0.2, 0.25) is 0 Å². The van der Waals surface area contributed by atoms with Crippen LogP contribution in [0.3, 0.4) is 0 Å². The summed E-state index contributed by atoms with van der Waals surface area (Å²) in [7, 11) is 1.57. The second-order valence-corrected chi connectivity index (χ2v) is 11.0. The first-order valence-electron chi connectivity index (χ1n) is 12.9. The average molecular weight is 625 g/mol. The van der Waals surface area contributed by atoms with E-state index in [0.29, 0.717) is 40.1 Å². The van der Waals surface area contributed by atoms with E-state index < -0.39 is 0 Å². The highest BCUT2D eigenvalue weighted by Gasteiger charge is 2.33. The fourth-order valence-corrected chi connectivity index (χ4v) is 5.73. The molecular weight excluding hydrogens is 598 g/mol. The van der Waals surface area contributed by atoms with E-state index in [0.717, 1.165) is 26.9 Å². The summed E-state index contributed by atoms with van der Waals surface area (Å²) in [4.78, 5) is 20.7. The van der Waals surface area contributed by atoms with Gasteiger partial charge in [0, 0.05) is 16.6 Å². The van der Waals surface area contributed by atoms with Gasteiger partial charge in [-0.25, -0.2) is 4.99 Å². The van der Waals surface area contributed by atoms with Crippen molar-refractivity contribution >= 4 is 50.5 Å². The molecule has 1 aliphatic rings. The molecule has 0 atom stereocenters. The molecule has 0 unspecified atom stereocenters. The number of benzene rings is 4. The van der Waals surface area contributed by atoms with Crippen molar-refractivity contribution < 1.29 is 14.3 Å². The van der Waals surface area contributed by atoms with Crippen molar-refractivity contribution in [3.63, 3.8) is 0 Å². The molecule has 4 aromatic rings. The molecular formula is C33H26BrN3O3S. The first kappa shape index (κ1) is 28.2. The van der Waals surface area contributed by atoms with Crippen LogP contribution in [0.4, 0.5) is 5.69 Å². The highest BCUT2D eigenvalue weighted by atomic mass is 79.9. The number of rotatable bonds is 9. The van der Waals surface area contributed by atoms with Gasteiger partial charge in [-0.15, -0.1) is 0 Å². The van der Waals surface area contributed by atoms with Crippen LogP contribution < -0.4 is 9.47 Å². The predicted octanol–water partition coefficient (Wildman–Crippen LogP) is 7.76. The molecule has 8 heteroatoms. The van der Waals surface area contributed by atoms with Gasteiger partial charge in [-0.05, 0) is 65.7 Å². The Morgan fingerprint density at radius 1 is 0.976 bits per heavy atom. The Labute approximate surface area is 252 Å². The lowest BCUT2D eigenvalue weighted by molar-refractivity contribution is -0.122. The minimum atomic E-state index is -0.0973. The van der Waals surface area contributed by atoms with Gasteiger partial charge >= 0.3 is 0 Å². The van der Waals surface area contributed by atoms with Crippen molar-refractivity contribution in [2.75, 3.05) is 13.7 Å². The Morgan fingerprint density at radius 3 is 2.41 bits per heavy atom. The zero-order valence-corrected chi connectivity index (χ0v) is 24.7. The van der Waals surface area contributed by atoms with Gasteiger partial charge in [0.1, 0.15) is 6.61 Å². The summed E-state index contributed by atoms with van der Waals surface area (Å²) in [5.74, 6) is 0.944. The number of methoxy groups -OCH3 is 1. The lowest BCUT2D eigenvalue weighted by Gasteiger charge is -2.15. The number of nitriles is 1. The molecule has 0 radical (unpaired) electrons. The van der Waals surface area contributed by atoms with Crippen LogP contribution in [0.15, 0.2) is 111 Å². The van der Waals surface area contributed by atoms with Crippen molar-refractivity contribution in [1.29, 1.82) is 5.26 Å². The topological polar surface area (TPSA) is 74.9 Å². The average Bonchev–Trinajstić information content (AvgIpc) is 3.29. The van der Waals surface area contributed by atoms with E-state index in [-0.39, 0.29) is 12.5 Å². The number of hydrogen-bond acceptors (Lipinski definition) is 6. The van der Waals surface area contributed by atoms with Crippen LogP contribution in [0.25, 0.3) is 6.08 Å². The Kier molecular flexibility index (Phi) is 9.19. The predicted molar refractivity (Wildman–Crippen MR) is 167 cm³/mol. The van der Waals surface area contributed by atoms with Crippen molar-refractivity contribution in [2.24, 2.45) is 4.99 Å². The Bertz CT molecular complexity index is 1650. The summed E-state index contributed by atoms with van der Waals surface area (Å²) in [5.41, 5.74) is 4.06. The van der Waals surface area contributed by atoms with Crippen LogP contribution in [-0.2, 0) is 17.8 Å². The molecule has 1 aliphatic heterocycles. The first-order valence-corrected chi connectivity index (χ1v) is 14.5. The molecule has 1 amide bonds. The van der Waals surface area contributed by atoms with Crippen LogP contribution in [0, 0.1) is 11.3 Å². The molecule has 1 fully saturated rings. The van der Waals surface area contributed by atoms with Crippen LogP contribution >= 0.6 is 27.7 Å². The summed E-state index contributed by atoms with van der Waals surface area (Å²) in [6.45, 7) is 0.733. The van der Waals surface area contributed by atoms with Crippen molar-refractivity contribution in [3.05, 3.63) is 129 Å². The van der Waals surface area contributed by atoms with Gasteiger partial charge in [-0.3, -0.25) is 9.69 Å². The van der Waals surface area contributed by atoms with Crippen molar-refractivity contribution in [2.45, 2.75) is 13.0 Å². The van der Waals surface area contributed by atoms with Crippen LogP contribution in [-0.4, -0.2) is 29.6 Å². The maximum absolute atomic E-state index is 13.6. The standard InChI is InChI=1S/C33H26BrN3O3S/c1-39-29-18-26(28(34)20-30(29)40-22-25-13-9-8-12-24(25)21-35)19-31-32(38)37(17-16-23-10-4-2-5-11-23)33(41-31)36-27-14-6-3-7-15-27/h2-15,18-20H,16-17,22H2,1H3/b31-19+,36-33?. The molecule has 1 saturated heterocycles. The first-order chi connectivity index (χ1) is 20.1. The monoisotopic (exact) mass is 623 g/mol. The molecule has 0 N–H and O–H groups in total. The number of ether oxygens (including phenoxy) is 2. The van der Waals surface area contributed by atoms with Gasteiger partial charge in [0.15, 0.2) is 16.7 Å². The second kappa shape index (κ2) is 13.4. The van der Waals surface area contributed by atoms with Gasteiger partial charge in [-0.1, -0.05) is 82.7 Å². The number of aliphatic imine (C=N–C) groups is 1. The molecule has 0 saturated carbocycles. The molecule has 0 aliphatic carbocycles. The molecule has 0 spiro atoms.